The zero-order valence-corrected chi connectivity index (χ0v) is 11.4. The van der Waals surface area contributed by atoms with E-state index in [1.807, 2.05) is 13.8 Å². The summed E-state index contributed by atoms with van der Waals surface area (Å²) in [4.78, 5) is 6.02. The van der Waals surface area contributed by atoms with Gasteiger partial charge in [-0.3, -0.25) is 0 Å². The lowest BCUT2D eigenvalue weighted by Gasteiger charge is -2.18. The number of hydrogen-bond donors (Lipinski definition) is 0. The number of anilines is 1. The van der Waals surface area contributed by atoms with E-state index in [0.29, 0.717) is 17.9 Å². The SMILES string of the molecule is Cc1nc2c(N3CCC(F)(F)C3)cc(Cl)nn2c1C. The molecule has 3 rings (SSSR count). The summed E-state index contributed by atoms with van der Waals surface area (Å²) < 4.78 is 28.3. The van der Waals surface area contributed by atoms with Gasteiger partial charge >= 0.3 is 0 Å². The molecule has 0 saturated carbocycles. The van der Waals surface area contributed by atoms with E-state index in [-0.39, 0.29) is 18.1 Å². The van der Waals surface area contributed by atoms with Crippen LogP contribution in [0.3, 0.4) is 0 Å². The van der Waals surface area contributed by atoms with Gasteiger partial charge in [-0.2, -0.15) is 5.10 Å². The van der Waals surface area contributed by atoms with E-state index in [2.05, 4.69) is 10.1 Å². The minimum Gasteiger partial charge on any atom is -0.362 e. The van der Waals surface area contributed by atoms with Crippen LogP contribution in [0.15, 0.2) is 6.07 Å². The van der Waals surface area contributed by atoms with Gasteiger partial charge in [0, 0.05) is 19.0 Å². The average molecular weight is 287 g/mol. The lowest BCUT2D eigenvalue weighted by atomic mass is 10.3. The van der Waals surface area contributed by atoms with E-state index < -0.39 is 5.92 Å². The van der Waals surface area contributed by atoms with Crippen molar-refractivity contribution in [2.24, 2.45) is 0 Å². The molecule has 102 valence electrons. The van der Waals surface area contributed by atoms with Crippen LogP contribution in [0.5, 0.6) is 0 Å². The third-order valence-corrected chi connectivity index (χ3v) is 3.69. The van der Waals surface area contributed by atoms with Crippen LogP contribution in [-0.4, -0.2) is 33.6 Å². The van der Waals surface area contributed by atoms with Crippen molar-refractivity contribution in [2.45, 2.75) is 26.2 Å². The molecule has 0 aromatic carbocycles. The molecule has 0 amide bonds. The molecule has 0 unspecified atom stereocenters. The summed E-state index contributed by atoms with van der Waals surface area (Å²) in [7, 11) is 0. The largest absolute Gasteiger partial charge is 0.362 e. The maximum atomic E-state index is 13.3. The molecule has 1 aliphatic heterocycles. The van der Waals surface area contributed by atoms with Crippen molar-refractivity contribution in [3.63, 3.8) is 0 Å². The summed E-state index contributed by atoms with van der Waals surface area (Å²) in [5.74, 6) is -2.65. The molecular weight excluding hydrogens is 274 g/mol. The first-order valence-electron chi connectivity index (χ1n) is 6.03. The van der Waals surface area contributed by atoms with Crippen LogP contribution in [0.1, 0.15) is 17.8 Å². The summed E-state index contributed by atoms with van der Waals surface area (Å²) in [6.07, 6.45) is -0.141. The molecule has 3 heterocycles. The molecule has 0 aliphatic carbocycles. The minimum atomic E-state index is -2.65. The van der Waals surface area contributed by atoms with Crippen LogP contribution in [0, 0.1) is 13.8 Å². The molecule has 1 fully saturated rings. The van der Waals surface area contributed by atoms with E-state index >= 15 is 0 Å². The number of rotatable bonds is 1. The summed E-state index contributed by atoms with van der Waals surface area (Å²) in [6, 6.07) is 1.60. The van der Waals surface area contributed by atoms with Gasteiger partial charge in [-0.1, -0.05) is 11.6 Å². The van der Waals surface area contributed by atoms with Crippen molar-refractivity contribution < 1.29 is 8.78 Å². The standard InChI is InChI=1S/C12H13ClF2N4/c1-7-8(2)19-11(16-7)9(5-10(13)17-19)18-4-3-12(14,15)6-18/h5H,3-4,6H2,1-2H3. The number of aromatic nitrogens is 3. The Labute approximate surface area is 114 Å². The van der Waals surface area contributed by atoms with Crippen LogP contribution in [0.4, 0.5) is 14.5 Å². The Hall–Kier alpha value is -1.43. The Morgan fingerprint density at radius 3 is 2.74 bits per heavy atom. The topological polar surface area (TPSA) is 33.4 Å². The van der Waals surface area contributed by atoms with E-state index in [0.717, 1.165) is 11.4 Å². The Morgan fingerprint density at radius 1 is 1.37 bits per heavy atom. The van der Waals surface area contributed by atoms with Crippen LogP contribution in [0.2, 0.25) is 5.15 Å². The second-order valence-electron chi connectivity index (χ2n) is 4.90. The highest BCUT2D eigenvalue weighted by molar-refractivity contribution is 6.29. The maximum absolute atomic E-state index is 13.3. The Balaban J connectivity index is 2.16. The van der Waals surface area contributed by atoms with Gasteiger partial charge in [0.15, 0.2) is 10.8 Å². The van der Waals surface area contributed by atoms with Crippen LogP contribution in [0.25, 0.3) is 5.65 Å². The molecule has 1 aliphatic rings. The fraction of sp³-hybridized carbons (Fsp3) is 0.500. The Kier molecular flexibility index (Phi) is 2.67. The molecule has 19 heavy (non-hydrogen) atoms. The Morgan fingerprint density at radius 2 is 2.11 bits per heavy atom. The highest BCUT2D eigenvalue weighted by Gasteiger charge is 2.39. The molecule has 0 atom stereocenters. The fourth-order valence-corrected chi connectivity index (χ4v) is 2.54. The number of halogens is 3. The summed E-state index contributed by atoms with van der Waals surface area (Å²) >= 11 is 5.98. The lowest BCUT2D eigenvalue weighted by Crippen LogP contribution is -2.25. The number of alkyl halides is 2. The van der Waals surface area contributed by atoms with E-state index in [1.54, 1.807) is 15.5 Å². The summed E-state index contributed by atoms with van der Waals surface area (Å²) in [5, 5.41) is 4.45. The predicted molar refractivity (Wildman–Crippen MR) is 69.2 cm³/mol. The van der Waals surface area contributed by atoms with Crippen LogP contribution < -0.4 is 4.90 Å². The number of imidazole rings is 1. The molecule has 7 heteroatoms. The quantitative estimate of drug-likeness (QED) is 0.808. The number of aryl methyl sites for hydroxylation is 2. The average Bonchev–Trinajstić information content (AvgIpc) is 2.82. The van der Waals surface area contributed by atoms with Crippen molar-refractivity contribution in [3.05, 3.63) is 22.6 Å². The third-order valence-electron chi connectivity index (χ3n) is 3.51. The number of nitrogens with zero attached hydrogens (tertiary/aromatic N) is 4. The molecular formula is C12H13ClF2N4. The fourth-order valence-electron chi connectivity index (χ4n) is 2.36. The first-order valence-corrected chi connectivity index (χ1v) is 6.40. The smallest absolute Gasteiger partial charge is 0.266 e. The maximum Gasteiger partial charge on any atom is 0.266 e. The van der Waals surface area contributed by atoms with Crippen molar-refractivity contribution in [2.75, 3.05) is 18.0 Å². The number of hydrogen-bond acceptors (Lipinski definition) is 3. The van der Waals surface area contributed by atoms with Crippen LogP contribution >= 0.6 is 11.6 Å². The van der Waals surface area contributed by atoms with Gasteiger partial charge in [-0.15, -0.1) is 0 Å². The van der Waals surface area contributed by atoms with Crippen molar-refractivity contribution in [1.82, 2.24) is 14.6 Å². The molecule has 1 saturated heterocycles. The second kappa shape index (κ2) is 4.03. The predicted octanol–water partition coefficient (Wildman–Crippen LogP) is 2.84. The molecule has 4 nitrogen and oxygen atoms in total. The number of fused-ring (bicyclic) bond motifs is 1. The first-order chi connectivity index (χ1) is 8.87. The van der Waals surface area contributed by atoms with Gasteiger partial charge < -0.3 is 4.90 Å². The van der Waals surface area contributed by atoms with Gasteiger partial charge in [0.05, 0.1) is 23.6 Å². The van der Waals surface area contributed by atoms with Gasteiger partial charge in [0.25, 0.3) is 5.92 Å². The van der Waals surface area contributed by atoms with Crippen molar-refractivity contribution in [3.8, 4) is 0 Å². The first kappa shape index (κ1) is 12.6. The van der Waals surface area contributed by atoms with Gasteiger partial charge in [-0.05, 0) is 13.8 Å². The van der Waals surface area contributed by atoms with E-state index in [9.17, 15) is 8.78 Å². The van der Waals surface area contributed by atoms with Crippen molar-refractivity contribution in [1.29, 1.82) is 0 Å². The minimum absolute atomic E-state index is 0.141. The second-order valence-corrected chi connectivity index (χ2v) is 5.29. The zero-order chi connectivity index (χ0) is 13.8. The molecule has 0 radical (unpaired) electrons. The van der Waals surface area contributed by atoms with Gasteiger partial charge in [0.1, 0.15) is 0 Å². The lowest BCUT2D eigenvalue weighted by molar-refractivity contribution is 0.0257. The monoisotopic (exact) mass is 286 g/mol. The van der Waals surface area contributed by atoms with Gasteiger partial charge in [0.2, 0.25) is 0 Å². The summed E-state index contributed by atoms with van der Waals surface area (Å²) in [5.41, 5.74) is 2.89. The summed E-state index contributed by atoms with van der Waals surface area (Å²) in [6.45, 7) is 3.74. The van der Waals surface area contributed by atoms with E-state index in [4.69, 9.17) is 11.6 Å². The van der Waals surface area contributed by atoms with E-state index in [1.165, 1.54) is 0 Å². The van der Waals surface area contributed by atoms with Crippen molar-refractivity contribution >= 4 is 22.9 Å². The Bertz CT molecular complexity index is 653. The molecule has 2 aromatic rings. The van der Waals surface area contributed by atoms with Crippen LogP contribution in [-0.2, 0) is 0 Å². The molecule has 0 bridgehead atoms. The highest BCUT2D eigenvalue weighted by atomic mass is 35.5. The highest BCUT2D eigenvalue weighted by Crippen LogP contribution is 2.34. The molecule has 2 aromatic heterocycles. The van der Waals surface area contributed by atoms with Gasteiger partial charge in [-0.25, -0.2) is 18.3 Å². The molecule has 0 spiro atoms. The molecule has 0 N–H and O–H groups in total. The zero-order valence-electron chi connectivity index (χ0n) is 10.6. The third kappa shape index (κ3) is 2.04. The normalized spacial score (nSPS) is 18.5.